The van der Waals surface area contributed by atoms with Gasteiger partial charge in [0.2, 0.25) is 5.78 Å². The Morgan fingerprint density at radius 1 is 1.12 bits per heavy atom. The quantitative estimate of drug-likeness (QED) is 0.400. The highest BCUT2D eigenvalue weighted by Gasteiger charge is 2.30. The lowest BCUT2D eigenvalue weighted by atomic mass is 10.0. The molecule has 0 atom stereocenters. The summed E-state index contributed by atoms with van der Waals surface area (Å²) in [7, 11) is 0. The van der Waals surface area contributed by atoms with Gasteiger partial charge in [0.15, 0.2) is 0 Å². The van der Waals surface area contributed by atoms with Crippen LogP contribution in [0.2, 0.25) is 0 Å². The number of benzene rings is 2. The van der Waals surface area contributed by atoms with Crippen molar-refractivity contribution in [1.82, 2.24) is 0 Å². The van der Waals surface area contributed by atoms with Crippen LogP contribution in [0.3, 0.4) is 0 Å². The van der Waals surface area contributed by atoms with E-state index in [0.29, 0.717) is 23.4 Å². The number of hydrogen-bond donors (Lipinski definition) is 1. The highest BCUT2D eigenvalue weighted by molar-refractivity contribution is 6.27. The molecule has 0 radical (unpaired) electrons. The first kappa shape index (κ1) is 16.4. The number of rotatable bonds is 4. The number of hydrogen-bond acceptors (Lipinski definition) is 6. The molecular weight excluding hydrogens is 322 g/mol. The molecule has 0 saturated heterocycles. The van der Waals surface area contributed by atoms with Crippen LogP contribution in [-0.4, -0.2) is 24.3 Å². The van der Waals surface area contributed by atoms with E-state index < -0.39 is 17.7 Å². The molecule has 0 spiro atoms. The van der Waals surface area contributed by atoms with Crippen molar-refractivity contribution in [1.29, 1.82) is 0 Å². The summed E-state index contributed by atoms with van der Waals surface area (Å²) in [6.45, 7) is 2.04. The minimum absolute atomic E-state index is 0.0897. The predicted octanol–water partition coefficient (Wildman–Crippen LogP) is 2.96. The zero-order valence-electron chi connectivity index (χ0n) is 13.4. The number of nitrogens with one attached hydrogen (secondary N) is 1. The Hall–Kier alpha value is -3.41. The van der Waals surface area contributed by atoms with E-state index in [-0.39, 0.29) is 11.3 Å². The third kappa shape index (κ3) is 3.42. The van der Waals surface area contributed by atoms with Crippen molar-refractivity contribution < 1.29 is 23.9 Å². The van der Waals surface area contributed by atoms with Crippen molar-refractivity contribution in [2.24, 2.45) is 0 Å². The van der Waals surface area contributed by atoms with Crippen molar-refractivity contribution >= 4 is 23.4 Å². The maximum atomic E-state index is 12.4. The van der Waals surface area contributed by atoms with Gasteiger partial charge in [0, 0.05) is 11.9 Å². The smallest absolute Gasteiger partial charge is 0.349 e. The third-order valence-electron chi connectivity index (χ3n) is 3.58. The molecule has 0 bridgehead atoms. The number of ketones is 1. The average molecular weight is 337 g/mol. The molecule has 2 aromatic carbocycles. The van der Waals surface area contributed by atoms with Gasteiger partial charge in [0.25, 0.3) is 0 Å². The number of ether oxygens (including phenoxy) is 2. The number of carbonyl (C=O) groups is 3. The molecule has 6 heteroatoms. The van der Waals surface area contributed by atoms with E-state index in [9.17, 15) is 14.4 Å². The van der Waals surface area contributed by atoms with E-state index in [1.807, 2.05) is 0 Å². The molecule has 0 aliphatic carbocycles. The lowest BCUT2D eigenvalue weighted by molar-refractivity contribution is -0.130. The van der Waals surface area contributed by atoms with Crippen LogP contribution in [0.5, 0.6) is 5.75 Å². The third-order valence-corrected chi connectivity index (χ3v) is 3.58. The highest BCUT2D eigenvalue weighted by Crippen LogP contribution is 2.27. The maximum absolute atomic E-state index is 12.4. The number of carbonyl (C=O) groups excluding carboxylic acids is 3. The van der Waals surface area contributed by atoms with Crippen molar-refractivity contribution in [2.75, 3.05) is 11.9 Å². The Balaban J connectivity index is 1.77. The summed E-state index contributed by atoms with van der Waals surface area (Å²) in [6.07, 6.45) is 1.31. The van der Waals surface area contributed by atoms with Crippen LogP contribution >= 0.6 is 0 Å². The Morgan fingerprint density at radius 2 is 1.84 bits per heavy atom. The van der Waals surface area contributed by atoms with Crippen molar-refractivity contribution in [2.45, 2.75) is 6.92 Å². The average Bonchev–Trinajstić information content (AvgIpc) is 2.62. The van der Waals surface area contributed by atoms with Crippen molar-refractivity contribution in [3.63, 3.8) is 0 Å². The zero-order chi connectivity index (χ0) is 17.8. The monoisotopic (exact) mass is 337 g/mol. The topological polar surface area (TPSA) is 81.7 Å². The van der Waals surface area contributed by atoms with E-state index in [0.717, 1.165) is 0 Å². The second-order valence-electron chi connectivity index (χ2n) is 5.21. The van der Waals surface area contributed by atoms with E-state index in [1.54, 1.807) is 55.5 Å². The molecule has 1 aliphatic rings. The van der Waals surface area contributed by atoms with Crippen LogP contribution in [0.1, 0.15) is 27.6 Å². The minimum Gasteiger partial charge on any atom is -0.462 e. The lowest BCUT2D eigenvalue weighted by Crippen LogP contribution is -2.25. The van der Waals surface area contributed by atoms with Crippen LogP contribution in [0.4, 0.5) is 5.69 Å². The van der Waals surface area contributed by atoms with Gasteiger partial charge < -0.3 is 14.8 Å². The van der Waals surface area contributed by atoms with Crippen LogP contribution in [0.15, 0.2) is 60.3 Å². The Kier molecular flexibility index (Phi) is 4.61. The number of anilines is 1. The molecule has 126 valence electrons. The molecule has 0 fully saturated rings. The van der Waals surface area contributed by atoms with Gasteiger partial charge in [-0.1, -0.05) is 12.1 Å². The second-order valence-corrected chi connectivity index (χ2v) is 5.21. The molecule has 0 saturated carbocycles. The Bertz CT molecular complexity index is 868. The Labute approximate surface area is 144 Å². The fourth-order valence-corrected chi connectivity index (χ4v) is 2.33. The maximum Gasteiger partial charge on any atom is 0.349 e. The first-order valence-electron chi connectivity index (χ1n) is 7.70. The van der Waals surface area contributed by atoms with E-state index in [1.165, 1.54) is 6.20 Å². The largest absolute Gasteiger partial charge is 0.462 e. The van der Waals surface area contributed by atoms with Gasteiger partial charge >= 0.3 is 11.9 Å². The van der Waals surface area contributed by atoms with Gasteiger partial charge in [-0.25, -0.2) is 9.59 Å². The normalized spacial score (nSPS) is 14.7. The van der Waals surface area contributed by atoms with Crippen LogP contribution < -0.4 is 10.1 Å². The summed E-state index contributed by atoms with van der Waals surface area (Å²) >= 11 is 0. The second kappa shape index (κ2) is 7.00. The number of fused-ring (bicyclic) bond motifs is 1. The molecule has 1 N–H and O–H groups in total. The molecule has 6 nitrogen and oxygen atoms in total. The first-order chi connectivity index (χ1) is 12.1. The molecular formula is C19H15NO5. The van der Waals surface area contributed by atoms with Crippen molar-refractivity contribution in [3.05, 3.63) is 71.4 Å². The summed E-state index contributed by atoms with van der Waals surface area (Å²) in [5.74, 6) is -1.26. The summed E-state index contributed by atoms with van der Waals surface area (Å²) < 4.78 is 10.1. The van der Waals surface area contributed by atoms with Gasteiger partial charge in [-0.3, -0.25) is 4.79 Å². The lowest BCUT2D eigenvalue weighted by Gasteiger charge is -2.16. The molecule has 0 unspecified atom stereocenters. The van der Waals surface area contributed by atoms with Gasteiger partial charge in [-0.05, 0) is 43.3 Å². The van der Waals surface area contributed by atoms with Gasteiger partial charge in [-0.15, -0.1) is 0 Å². The Morgan fingerprint density at radius 3 is 2.56 bits per heavy atom. The van der Waals surface area contributed by atoms with Crippen molar-refractivity contribution in [3.8, 4) is 5.75 Å². The van der Waals surface area contributed by atoms with Crippen LogP contribution in [0, 0.1) is 0 Å². The number of para-hydroxylation sites is 1. The van der Waals surface area contributed by atoms with Crippen LogP contribution in [-0.2, 0) is 9.53 Å². The SMILES string of the molecule is CCOC(=O)c1ccc(NC=C2C(=O)Oc3ccccc3C2=O)cc1. The molecule has 3 rings (SSSR count). The molecule has 25 heavy (non-hydrogen) atoms. The van der Waals surface area contributed by atoms with Crippen LogP contribution in [0.25, 0.3) is 0 Å². The minimum atomic E-state index is -0.709. The van der Waals surface area contributed by atoms with Gasteiger partial charge in [0.1, 0.15) is 11.3 Å². The number of esters is 2. The molecule has 1 heterocycles. The van der Waals surface area contributed by atoms with Gasteiger partial charge in [-0.2, -0.15) is 0 Å². The predicted molar refractivity (Wildman–Crippen MR) is 90.5 cm³/mol. The summed E-state index contributed by atoms with van der Waals surface area (Å²) in [6, 6.07) is 13.1. The van der Waals surface area contributed by atoms with E-state index in [2.05, 4.69) is 5.32 Å². The fraction of sp³-hybridized carbons (Fsp3) is 0.105. The molecule has 0 amide bonds. The summed E-state index contributed by atoms with van der Waals surface area (Å²) in [4.78, 5) is 36.0. The van der Waals surface area contributed by atoms with E-state index >= 15 is 0 Å². The summed E-state index contributed by atoms with van der Waals surface area (Å²) in [5.41, 5.74) is 1.28. The highest BCUT2D eigenvalue weighted by atomic mass is 16.5. The zero-order valence-corrected chi connectivity index (χ0v) is 13.4. The molecule has 0 aromatic heterocycles. The van der Waals surface area contributed by atoms with E-state index in [4.69, 9.17) is 9.47 Å². The first-order valence-corrected chi connectivity index (χ1v) is 7.70. The van der Waals surface area contributed by atoms with Gasteiger partial charge in [0.05, 0.1) is 17.7 Å². The fourth-order valence-electron chi connectivity index (χ4n) is 2.33. The summed E-state index contributed by atoms with van der Waals surface area (Å²) in [5, 5.41) is 2.87. The standard InChI is InChI=1S/C19H15NO5/c1-2-24-18(22)12-7-9-13(10-8-12)20-11-15-17(21)14-5-3-4-6-16(14)25-19(15)23/h3-11,20H,2H2,1H3. The molecule has 1 aliphatic heterocycles. The number of Topliss-reactive ketones (excluding diaryl/α,β-unsaturated/α-hetero) is 1. The molecule has 2 aromatic rings.